The third-order valence-electron chi connectivity index (χ3n) is 2.74. The van der Waals surface area contributed by atoms with E-state index < -0.39 is 28.9 Å². The van der Waals surface area contributed by atoms with Crippen molar-refractivity contribution in [2.45, 2.75) is 0 Å². The molecule has 1 fully saturated rings. The molecule has 112 valence electrons. The highest BCUT2D eigenvalue weighted by molar-refractivity contribution is 8.23. The van der Waals surface area contributed by atoms with Gasteiger partial charge in [0.05, 0.1) is 11.3 Å². The average Bonchev–Trinajstić information content (AvgIpc) is 2.76. The van der Waals surface area contributed by atoms with Crippen molar-refractivity contribution in [3.63, 3.8) is 0 Å². The lowest BCUT2D eigenvalue weighted by Crippen LogP contribution is -2.37. The lowest BCUT2D eigenvalue weighted by atomic mass is 10.2. The van der Waals surface area contributed by atoms with Gasteiger partial charge in [-0.1, -0.05) is 24.0 Å². The number of carbonyl (C=O) groups excluding carboxylic acids is 2. The summed E-state index contributed by atoms with van der Waals surface area (Å²) in [5, 5.41) is 2.32. The summed E-state index contributed by atoms with van der Waals surface area (Å²) in [6, 6.07) is 1.52. The van der Waals surface area contributed by atoms with Crippen LogP contribution in [0, 0.1) is 17.5 Å². The van der Waals surface area contributed by atoms with Crippen LogP contribution in [0.25, 0.3) is 0 Å². The summed E-state index contributed by atoms with van der Waals surface area (Å²) in [5.74, 6) is -5.42. The molecule has 0 aliphatic carbocycles. The molecule has 9 heteroatoms. The number of benzene rings is 1. The fourth-order valence-electron chi connectivity index (χ4n) is 1.67. The van der Waals surface area contributed by atoms with Gasteiger partial charge in [0.2, 0.25) is 5.91 Å². The highest BCUT2D eigenvalue weighted by Crippen LogP contribution is 2.18. The van der Waals surface area contributed by atoms with Gasteiger partial charge in [-0.15, -0.1) is 0 Å². The first-order valence-corrected chi connectivity index (χ1v) is 7.20. The van der Waals surface area contributed by atoms with Gasteiger partial charge in [-0.2, -0.15) is 0 Å². The second-order valence-corrected chi connectivity index (χ2v) is 5.69. The Morgan fingerprint density at radius 3 is 2.67 bits per heavy atom. The number of carbonyl (C=O) groups is 2. The van der Waals surface area contributed by atoms with Crippen LogP contribution >= 0.6 is 24.0 Å². The molecule has 0 spiro atoms. The van der Waals surface area contributed by atoms with Gasteiger partial charge in [0.25, 0.3) is 5.91 Å². The van der Waals surface area contributed by atoms with Crippen LogP contribution in [0.4, 0.5) is 13.2 Å². The average molecular weight is 334 g/mol. The molecule has 1 N–H and O–H groups in total. The minimum atomic E-state index is -1.70. The first kappa shape index (κ1) is 15.8. The molecule has 1 saturated heterocycles. The molecule has 2 amide bonds. The number of nitrogens with zero attached hydrogens (tertiary/aromatic N) is 1. The zero-order valence-corrected chi connectivity index (χ0v) is 12.1. The van der Waals surface area contributed by atoms with E-state index in [4.69, 9.17) is 12.2 Å². The maximum Gasteiger partial charge on any atom is 0.254 e. The van der Waals surface area contributed by atoms with Gasteiger partial charge in [-0.3, -0.25) is 14.5 Å². The van der Waals surface area contributed by atoms with E-state index in [0.29, 0.717) is 10.4 Å². The number of thiocarbonyl (C=S) groups is 1. The van der Waals surface area contributed by atoms with E-state index in [1.165, 1.54) is 16.7 Å². The Morgan fingerprint density at radius 2 is 2.05 bits per heavy atom. The highest BCUT2D eigenvalue weighted by Gasteiger charge is 2.26. The monoisotopic (exact) mass is 334 g/mol. The number of thioether (sulfide) groups is 1. The minimum Gasteiger partial charge on any atom is -0.350 e. The molecule has 1 aromatic carbocycles. The molecule has 1 aliphatic rings. The van der Waals surface area contributed by atoms with Crippen molar-refractivity contribution in [2.24, 2.45) is 0 Å². The van der Waals surface area contributed by atoms with Crippen molar-refractivity contribution in [3.8, 4) is 0 Å². The van der Waals surface area contributed by atoms with Crippen LogP contribution < -0.4 is 5.32 Å². The second kappa shape index (κ2) is 6.44. The normalized spacial score (nSPS) is 14.7. The summed E-state index contributed by atoms with van der Waals surface area (Å²) in [7, 11) is 0. The van der Waals surface area contributed by atoms with Crippen molar-refractivity contribution in [1.82, 2.24) is 10.2 Å². The number of halogens is 3. The summed E-state index contributed by atoms with van der Waals surface area (Å²) in [6.45, 7) is 0.158. The summed E-state index contributed by atoms with van der Waals surface area (Å²) in [5.41, 5.74) is -0.599. The van der Waals surface area contributed by atoms with Crippen molar-refractivity contribution < 1.29 is 22.8 Å². The molecule has 0 radical (unpaired) electrons. The zero-order valence-electron chi connectivity index (χ0n) is 10.5. The molecule has 1 aromatic rings. The molecule has 0 bridgehead atoms. The molecule has 0 atom stereocenters. The first-order chi connectivity index (χ1) is 9.91. The van der Waals surface area contributed by atoms with Gasteiger partial charge in [-0.25, -0.2) is 13.2 Å². The van der Waals surface area contributed by atoms with Gasteiger partial charge < -0.3 is 5.32 Å². The molecular formula is C12H9F3N2O2S2. The third-order valence-corrected chi connectivity index (χ3v) is 4.17. The van der Waals surface area contributed by atoms with Crippen LogP contribution in [-0.2, 0) is 4.79 Å². The number of amides is 2. The van der Waals surface area contributed by atoms with Crippen LogP contribution in [0.3, 0.4) is 0 Å². The number of hydrogen-bond donors (Lipinski definition) is 1. The Kier molecular flexibility index (Phi) is 4.84. The van der Waals surface area contributed by atoms with E-state index in [-0.39, 0.29) is 24.7 Å². The van der Waals surface area contributed by atoms with Crippen molar-refractivity contribution in [2.75, 3.05) is 18.8 Å². The summed E-state index contributed by atoms with van der Waals surface area (Å²) in [4.78, 5) is 24.4. The predicted molar refractivity (Wildman–Crippen MR) is 75.4 cm³/mol. The van der Waals surface area contributed by atoms with E-state index in [2.05, 4.69) is 5.32 Å². The number of rotatable bonds is 4. The Balaban J connectivity index is 1.95. The second-order valence-electron chi connectivity index (χ2n) is 4.08. The molecular weight excluding hydrogens is 325 g/mol. The van der Waals surface area contributed by atoms with Gasteiger partial charge in [0.1, 0.15) is 4.32 Å². The van der Waals surface area contributed by atoms with Crippen LogP contribution in [-0.4, -0.2) is 39.9 Å². The summed E-state index contributed by atoms with van der Waals surface area (Å²) >= 11 is 6.16. The van der Waals surface area contributed by atoms with Gasteiger partial charge in [0.15, 0.2) is 17.5 Å². The standard InChI is InChI=1S/C12H9F3N2O2S2/c13-7-2-1-6(9(14)10(7)15)11(19)16-3-4-17-8(18)5-21-12(17)20/h1-2H,3-5H2,(H,16,19). The van der Waals surface area contributed by atoms with Crippen molar-refractivity contribution >= 4 is 40.1 Å². The first-order valence-electron chi connectivity index (χ1n) is 5.80. The maximum atomic E-state index is 13.4. The molecule has 0 unspecified atom stereocenters. The van der Waals surface area contributed by atoms with Crippen LogP contribution in [0.1, 0.15) is 10.4 Å². The Labute approximate surface area is 127 Å². The van der Waals surface area contributed by atoms with Crippen LogP contribution in [0.2, 0.25) is 0 Å². The van der Waals surface area contributed by atoms with E-state index in [1.807, 2.05) is 0 Å². The minimum absolute atomic E-state index is 0.0176. The van der Waals surface area contributed by atoms with Gasteiger partial charge >= 0.3 is 0 Å². The van der Waals surface area contributed by atoms with E-state index in [1.54, 1.807) is 0 Å². The van der Waals surface area contributed by atoms with Crippen molar-refractivity contribution in [3.05, 3.63) is 35.1 Å². The van der Waals surface area contributed by atoms with Gasteiger partial charge in [-0.05, 0) is 12.1 Å². The number of nitrogens with one attached hydrogen (secondary N) is 1. The Bertz CT molecular complexity index is 609. The predicted octanol–water partition coefficient (Wildman–Crippen LogP) is 1.69. The smallest absolute Gasteiger partial charge is 0.254 e. The van der Waals surface area contributed by atoms with E-state index in [0.717, 1.165) is 6.07 Å². The van der Waals surface area contributed by atoms with Crippen LogP contribution in [0.5, 0.6) is 0 Å². The zero-order chi connectivity index (χ0) is 15.6. The number of hydrogen-bond acceptors (Lipinski definition) is 4. The maximum absolute atomic E-state index is 13.4. The Morgan fingerprint density at radius 1 is 1.33 bits per heavy atom. The SMILES string of the molecule is O=C(NCCN1C(=O)CSC1=S)c1ccc(F)c(F)c1F. The molecule has 21 heavy (non-hydrogen) atoms. The highest BCUT2D eigenvalue weighted by atomic mass is 32.2. The van der Waals surface area contributed by atoms with Crippen molar-refractivity contribution in [1.29, 1.82) is 0 Å². The summed E-state index contributed by atoms with van der Waals surface area (Å²) in [6.07, 6.45) is 0. The summed E-state index contributed by atoms with van der Waals surface area (Å²) < 4.78 is 39.6. The quantitative estimate of drug-likeness (QED) is 0.673. The Hall–Kier alpha value is -1.61. The fourth-order valence-corrected chi connectivity index (χ4v) is 2.80. The molecule has 4 nitrogen and oxygen atoms in total. The molecule has 0 saturated carbocycles. The fraction of sp³-hybridized carbons (Fsp3) is 0.250. The topological polar surface area (TPSA) is 49.4 Å². The van der Waals surface area contributed by atoms with Crippen LogP contribution in [0.15, 0.2) is 12.1 Å². The molecule has 1 aliphatic heterocycles. The third kappa shape index (κ3) is 3.35. The lowest BCUT2D eigenvalue weighted by molar-refractivity contribution is -0.123. The van der Waals surface area contributed by atoms with E-state index in [9.17, 15) is 22.8 Å². The molecule has 1 heterocycles. The molecule has 0 aromatic heterocycles. The molecule has 2 rings (SSSR count). The van der Waals surface area contributed by atoms with E-state index >= 15 is 0 Å². The largest absolute Gasteiger partial charge is 0.350 e. The lowest BCUT2D eigenvalue weighted by Gasteiger charge is -2.15. The van der Waals surface area contributed by atoms with Gasteiger partial charge in [0, 0.05) is 13.1 Å².